The highest BCUT2D eigenvalue weighted by molar-refractivity contribution is 7.20. The maximum atomic E-state index is 13.3. The first-order chi connectivity index (χ1) is 11.2. The van der Waals surface area contributed by atoms with Crippen molar-refractivity contribution in [3.63, 3.8) is 0 Å². The fraction of sp³-hybridized carbons (Fsp3) is 0.444. The summed E-state index contributed by atoms with van der Waals surface area (Å²) in [5, 5.41) is 6.78. The third-order valence-electron chi connectivity index (χ3n) is 4.35. The van der Waals surface area contributed by atoms with Crippen LogP contribution in [0.5, 0.6) is 0 Å². The molecule has 2 heterocycles. The smallest absolute Gasteiger partial charge is 0.261 e. The van der Waals surface area contributed by atoms with Crippen LogP contribution >= 0.6 is 11.3 Å². The monoisotopic (exact) mass is 348 g/mol. The number of nitrogens with one attached hydrogen (secondary N) is 2. The molecule has 0 bridgehead atoms. The molecule has 1 aliphatic heterocycles. The molecule has 1 aromatic carbocycles. The Bertz CT molecular complexity index is 794. The highest BCUT2D eigenvalue weighted by Gasteiger charge is 2.37. The lowest BCUT2D eigenvalue weighted by molar-refractivity contribution is -0.125. The van der Waals surface area contributed by atoms with Crippen LogP contribution in [0, 0.1) is 11.2 Å². The average Bonchev–Trinajstić information content (AvgIpc) is 2.91. The van der Waals surface area contributed by atoms with Crippen molar-refractivity contribution in [1.82, 2.24) is 10.6 Å². The molecule has 2 amide bonds. The molecular formula is C18H21FN2O2S. The standard InChI is InChI=1S/C18H21FN2O2S/c1-18(2,3)16-12(5-7-15(22)21-16)20-17(23)14-9-10-8-11(19)4-6-13(10)24-14/h4,6,8-9,12,16H,5,7H2,1-3H3,(H,20,23)(H,21,22)/t12-,16-/m1/s1. The Labute approximate surface area is 144 Å². The van der Waals surface area contributed by atoms with Crippen LogP contribution in [0.2, 0.25) is 0 Å². The molecule has 3 rings (SSSR count). The lowest BCUT2D eigenvalue weighted by Gasteiger charge is -2.40. The lowest BCUT2D eigenvalue weighted by Crippen LogP contribution is -2.60. The molecule has 2 aromatic rings. The molecule has 0 saturated carbocycles. The van der Waals surface area contributed by atoms with Gasteiger partial charge in [0.15, 0.2) is 0 Å². The normalized spacial score (nSPS) is 21.6. The Kier molecular flexibility index (Phi) is 4.34. The fourth-order valence-corrected chi connectivity index (χ4v) is 4.09. The number of rotatable bonds is 2. The second-order valence-electron chi connectivity index (χ2n) is 7.32. The van der Waals surface area contributed by atoms with E-state index < -0.39 is 0 Å². The average molecular weight is 348 g/mol. The molecule has 128 valence electrons. The van der Waals surface area contributed by atoms with E-state index in [0.717, 1.165) is 10.1 Å². The van der Waals surface area contributed by atoms with Crippen LogP contribution < -0.4 is 10.6 Å². The maximum absolute atomic E-state index is 13.3. The Morgan fingerprint density at radius 2 is 2.08 bits per heavy atom. The van der Waals surface area contributed by atoms with E-state index in [0.29, 0.717) is 17.7 Å². The fourth-order valence-electron chi connectivity index (χ4n) is 3.14. The Morgan fingerprint density at radius 3 is 2.79 bits per heavy atom. The zero-order valence-corrected chi connectivity index (χ0v) is 14.8. The molecule has 6 heteroatoms. The predicted octanol–water partition coefficient (Wildman–Crippen LogP) is 3.46. The molecule has 0 aliphatic carbocycles. The van der Waals surface area contributed by atoms with Gasteiger partial charge in [-0.05, 0) is 41.5 Å². The van der Waals surface area contributed by atoms with Crippen molar-refractivity contribution in [3.05, 3.63) is 35.0 Å². The number of thiophene rings is 1. The second kappa shape index (κ2) is 6.16. The van der Waals surface area contributed by atoms with Crippen LogP contribution in [0.25, 0.3) is 10.1 Å². The van der Waals surface area contributed by atoms with E-state index in [-0.39, 0.29) is 35.1 Å². The number of hydrogen-bond acceptors (Lipinski definition) is 3. The molecule has 0 spiro atoms. The van der Waals surface area contributed by atoms with Gasteiger partial charge in [-0.15, -0.1) is 11.3 Å². The van der Waals surface area contributed by atoms with Crippen molar-refractivity contribution < 1.29 is 14.0 Å². The van der Waals surface area contributed by atoms with E-state index >= 15 is 0 Å². The summed E-state index contributed by atoms with van der Waals surface area (Å²) in [4.78, 5) is 24.9. The molecule has 1 aromatic heterocycles. The first kappa shape index (κ1) is 16.9. The van der Waals surface area contributed by atoms with Crippen LogP contribution in [0.1, 0.15) is 43.3 Å². The van der Waals surface area contributed by atoms with Gasteiger partial charge < -0.3 is 10.6 Å². The third-order valence-corrected chi connectivity index (χ3v) is 5.47. The summed E-state index contributed by atoms with van der Waals surface area (Å²) in [7, 11) is 0. The summed E-state index contributed by atoms with van der Waals surface area (Å²) in [5.41, 5.74) is -0.155. The molecule has 0 unspecified atom stereocenters. The maximum Gasteiger partial charge on any atom is 0.261 e. The molecule has 4 nitrogen and oxygen atoms in total. The van der Waals surface area contributed by atoms with Crippen LogP contribution in [0.4, 0.5) is 4.39 Å². The number of fused-ring (bicyclic) bond motifs is 1. The zero-order valence-electron chi connectivity index (χ0n) is 14.0. The first-order valence-corrected chi connectivity index (χ1v) is 8.85. The molecule has 2 N–H and O–H groups in total. The van der Waals surface area contributed by atoms with Gasteiger partial charge in [-0.3, -0.25) is 9.59 Å². The third kappa shape index (κ3) is 3.43. The van der Waals surface area contributed by atoms with Crippen LogP contribution in [0.3, 0.4) is 0 Å². The van der Waals surface area contributed by atoms with Gasteiger partial charge in [-0.2, -0.15) is 0 Å². The number of amides is 2. The second-order valence-corrected chi connectivity index (χ2v) is 8.41. The number of piperidine rings is 1. The van der Waals surface area contributed by atoms with Gasteiger partial charge >= 0.3 is 0 Å². The molecule has 1 saturated heterocycles. The number of carbonyl (C=O) groups is 2. The minimum absolute atomic E-state index is 0.0257. The highest BCUT2D eigenvalue weighted by Crippen LogP contribution is 2.29. The van der Waals surface area contributed by atoms with Crippen molar-refractivity contribution in [2.45, 2.75) is 45.7 Å². The summed E-state index contributed by atoms with van der Waals surface area (Å²) < 4.78 is 14.2. The number of carbonyl (C=O) groups excluding carboxylic acids is 2. The van der Waals surface area contributed by atoms with E-state index in [1.807, 2.05) is 20.8 Å². The van der Waals surface area contributed by atoms with E-state index in [9.17, 15) is 14.0 Å². The molecule has 0 radical (unpaired) electrons. The Morgan fingerprint density at radius 1 is 1.33 bits per heavy atom. The predicted molar refractivity (Wildman–Crippen MR) is 93.7 cm³/mol. The van der Waals surface area contributed by atoms with Crippen LogP contribution in [-0.2, 0) is 4.79 Å². The SMILES string of the molecule is CC(C)(C)[C@@H]1NC(=O)CC[C@H]1NC(=O)c1cc2cc(F)ccc2s1. The van der Waals surface area contributed by atoms with Gasteiger partial charge in [-0.25, -0.2) is 4.39 Å². The molecule has 1 fully saturated rings. The Balaban J connectivity index is 1.80. The quantitative estimate of drug-likeness (QED) is 0.873. The minimum atomic E-state index is -0.310. The van der Waals surface area contributed by atoms with E-state index in [4.69, 9.17) is 0 Å². The molecule has 1 aliphatic rings. The van der Waals surface area contributed by atoms with Crippen molar-refractivity contribution in [3.8, 4) is 0 Å². The lowest BCUT2D eigenvalue weighted by atomic mass is 9.78. The van der Waals surface area contributed by atoms with Gasteiger partial charge in [-0.1, -0.05) is 20.8 Å². The number of hydrogen-bond donors (Lipinski definition) is 2. The molecular weight excluding hydrogens is 327 g/mol. The topological polar surface area (TPSA) is 58.2 Å². The van der Waals surface area contributed by atoms with Gasteiger partial charge in [0.1, 0.15) is 5.82 Å². The van der Waals surface area contributed by atoms with Crippen molar-refractivity contribution in [1.29, 1.82) is 0 Å². The van der Waals surface area contributed by atoms with E-state index in [1.54, 1.807) is 12.1 Å². The zero-order chi connectivity index (χ0) is 17.5. The van der Waals surface area contributed by atoms with Gasteiger partial charge in [0.25, 0.3) is 5.91 Å². The van der Waals surface area contributed by atoms with Gasteiger partial charge in [0, 0.05) is 11.1 Å². The molecule has 24 heavy (non-hydrogen) atoms. The number of benzene rings is 1. The highest BCUT2D eigenvalue weighted by atomic mass is 32.1. The van der Waals surface area contributed by atoms with Gasteiger partial charge in [0.2, 0.25) is 5.91 Å². The summed E-state index contributed by atoms with van der Waals surface area (Å²) in [6, 6.07) is 6.00. The number of halogens is 1. The summed E-state index contributed by atoms with van der Waals surface area (Å²) in [6.45, 7) is 6.14. The first-order valence-electron chi connectivity index (χ1n) is 8.03. The Hall–Kier alpha value is -1.95. The minimum Gasteiger partial charge on any atom is -0.351 e. The van der Waals surface area contributed by atoms with Gasteiger partial charge in [0.05, 0.1) is 17.0 Å². The summed E-state index contributed by atoms with van der Waals surface area (Å²) >= 11 is 1.35. The van der Waals surface area contributed by atoms with Crippen LogP contribution in [-0.4, -0.2) is 23.9 Å². The van der Waals surface area contributed by atoms with Crippen LogP contribution in [0.15, 0.2) is 24.3 Å². The molecule has 2 atom stereocenters. The summed E-state index contributed by atoms with van der Waals surface area (Å²) in [6.07, 6.45) is 1.04. The van der Waals surface area contributed by atoms with E-state index in [2.05, 4.69) is 10.6 Å². The van der Waals surface area contributed by atoms with E-state index in [1.165, 1.54) is 23.5 Å². The largest absolute Gasteiger partial charge is 0.351 e. The summed E-state index contributed by atoms with van der Waals surface area (Å²) in [5.74, 6) is -0.459. The van der Waals surface area contributed by atoms with Crippen molar-refractivity contribution in [2.75, 3.05) is 0 Å². The van der Waals surface area contributed by atoms with Crippen molar-refractivity contribution in [2.24, 2.45) is 5.41 Å². The van der Waals surface area contributed by atoms with Crippen molar-refractivity contribution >= 4 is 33.2 Å².